The summed E-state index contributed by atoms with van der Waals surface area (Å²) in [5.41, 5.74) is 3.82. The highest BCUT2D eigenvalue weighted by molar-refractivity contribution is 5.96. The molecule has 5 rings (SSSR count). The number of aromatic nitrogens is 4. The van der Waals surface area contributed by atoms with Crippen LogP contribution in [0.15, 0.2) is 54.9 Å². The van der Waals surface area contributed by atoms with E-state index in [-0.39, 0.29) is 24.0 Å². The van der Waals surface area contributed by atoms with Crippen LogP contribution in [0.2, 0.25) is 0 Å². The quantitative estimate of drug-likeness (QED) is 0.564. The van der Waals surface area contributed by atoms with Crippen molar-refractivity contribution in [3.63, 3.8) is 0 Å². The number of amides is 1. The second-order valence-electron chi connectivity index (χ2n) is 6.87. The molecule has 2 N–H and O–H groups in total. The Bertz CT molecular complexity index is 1220. The second kappa shape index (κ2) is 6.16. The number of fused-ring (bicyclic) bond motifs is 2. The number of aromatic hydroxyl groups is 1. The Morgan fingerprint density at radius 3 is 2.89 bits per heavy atom. The number of anilines is 1. The molecule has 1 aromatic carbocycles. The van der Waals surface area contributed by atoms with Crippen molar-refractivity contribution in [2.24, 2.45) is 7.05 Å². The van der Waals surface area contributed by atoms with Gasteiger partial charge in [0.25, 0.3) is 0 Å². The highest BCUT2D eigenvalue weighted by atomic mass is 16.3. The predicted octanol–water partition coefficient (Wildman–Crippen LogP) is 3.21. The molecule has 3 aromatic heterocycles. The lowest BCUT2D eigenvalue weighted by Crippen LogP contribution is -2.25. The summed E-state index contributed by atoms with van der Waals surface area (Å²) in [6.07, 6.45) is 3.74. The fourth-order valence-electron chi connectivity index (χ4n) is 3.80. The first-order chi connectivity index (χ1) is 13.6. The van der Waals surface area contributed by atoms with Crippen LogP contribution in [0.1, 0.15) is 23.6 Å². The molecule has 0 saturated heterocycles. The molecular formula is C21H17N5O2. The van der Waals surface area contributed by atoms with Crippen molar-refractivity contribution in [2.75, 3.05) is 5.32 Å². The van der Waals surface area contributed by atoms with Gasteiger partial charge in [-0.05, 0) is 24.3 Å². The Balaban J connectivity index is 1.73. The maximum Gasteiger partial charge on any atom is 0.226 e. The maximum absolute atomic E-state index is 12.4. The maximum atomic E-state index is 12.4. The molecule has 0 unspecified atom stereocenters. The van der Waals surface area contributed by atoms with Gasteiger partial charge in [0.05, 0.1) is 5.69 Å². The predicted molar refractivity (Wildman–Crippen MR) is 105 cm³/mol. The summed E-state index contributed by atoms with van der Waals surface area (Å²) >= 11 is 0. The lowest BCUT2D eigenvalue weighted by Gasteiger charge is -2.24. The largest absolute Gasteiger partial charge is 0.506 e. The van der Waals surface area contributed by atoms with Crippen LogP contribution in [0.3, 0.4) is 0 Å². The number of nitrogens with one attached hydrogen (secondary N) is 1. The monoisotopic (exact) mass is 371 g/mol. The molecule has 4 aromatic rings. The lowest BCUT2D eigenvalue weighted by molar-refractivity contribution is -0.116. The molecule has 1 aliphatic rings. The van der Waals surface area contributed by atoms with Gasteiger partial charge in [-0.15, -0.1) is 0 Å². The molecule has 1 atom stereocenters. The van der Waals surface area contributed by atoms with Gasteiger partial charge in [-0.2, -0.15) is 5.10 Å². The zero-order valence-corrected chi connectivity index (χ0v) is 15.1. The summed E-state index contributed by atoms with van der Waals surface area (Å²) in [6.45, 7) is 0. The van der Waals surface area contributed by atoms with Crippen molar-refractivity contribution in [2.45, 2.75) is 12.3 Å². The van der Waals surface area contributed by atoms with Gasteiger partial charge in [0, 0.05) is 54.0 Å². The molecule has 0 spiro atoms. The SMILES string of the molecule is Cn1nc(-c2cccnc2)c2c1NC(=O)C[C@@H]2c1ccc2cccc(O)c2n1. The number of rotatable bonds is 2. The number of hydrogen-bond acceptors (Lipinski definition) is 5. The number of para-hydroxylation sites is 1. The summed E-state index contributed by atoms with van der Waals surface area (Å²) in [6, 6.07) is 12.9. The molecule has 0 radical (unpaired) electrons. The van der Waals surface area contributed by atoms with Crippen molar-refractivity contribution in [3.05, 3.63) is 66.1 Å². The molecular weight excluding hydrogens is 354 g/mol. The van der Waals surface area contributed by atoms with E-state index in [1.807, 2.05) is 30.3 Å². The van der Waals surface area contributed by atoms with Crippen LogP contribution in [0.5, 0.6) is 5.75 Å². The summed E-state index contributed by atoms with van der Waals surface area (Å²) < 4.78 is 1.68. The molecule has 4 heterocycles. The van der Waals surface area contributed by atoms with Crippen LogP contribution in [0.25, 0.3) is 22.2 Å². The standard InChI is InChI=1S/C21H17N5O2/c1-26-21-18(20(25-26)13-5-3-9-22-11-13)14(10-17(28)24-21)15-8-7-12-4-2-6-16(27)19(12)23-15/h2-9,11,14,27H,10H2,1H3,(H,24,28)/t14-/m1/s1. The first-order valence-electron chi connectivity index (χ1n) is 8.97. The van der Waals surface area contributed by atoms with Crippen LogP contribution in [0.4, 0.5) is 5.82 Å². The molecule has 0 fully saturated rings. The van der Waals surface area contributed by atoms with Gasteiger partial charge in [-0.3, -0.25) is 14.5 Å². The summed E-state index contributed by atoms with van der Waals surface area (Å²) in [7, 11) is 1.81. The molecule has 1 amide bonds. The van der Waals surface area contributed by atoms with E-state index in [0.717, 1.165) is 27.9 Å². The van der Waals surface area contributed by atoms with Crippen molar-refractivity contribution in [1.29, 1.82) is 0 Å². The third kappa shape index (κ3) is 2.51. The fraction of sp³-hybridized carbons (Fsp3) is 0.143. The molecule has 7 nitrogen and oxygen atoms in total. The van der Waals surface area contributed by atoms with Crippen molar-refractivity contribution < 1.29 is 9.90 Å². The van der Waals surface area contributed by atoms with Crippen LogP contribution in [0, 0.1) is 0 Å². The molecule has 138 valence electrons. The van der Waals surface area contributed by atoms with Gasteiger partial charge in [0.2, 0.25) is 5.91 Å². The summed E-state index contributed by atoms with van der Waals surface area (Å²) in [4.78, 5) is 21.3. The minimum atomic E-state index is -0.267. The normalized spacial score (nSPS) is 16.0. The number of carbonyl (C=O) groups is 1. The van der Waals surface area contributed by atoms with Gasteiger partial charge in [-0.25, -0.2) is 4.98 Å². The third-order valence-corrected chi connectivity index (χ3v) is 5.09. The number of pyridine rings is 2. The van der Waals surface area contributed by atoms with Crippen LogP contribution < -0.4 is 5.32 Å². The number of benzene rings is 1. The topological polar surface area (TPSA) is 92.9 Å². The highest BCUT2D eigenvalue weighted by Gasteiger charge is 2.34. The Morgan fingerprint density at radius 2 is 2.07 bits per heavy atom. The molecule has 1 aliphatic heterocycles. The zero-order chi connectivity index (χ0) is 19.3. The Morgan fingerprint density at radius 1 is 1.18 bits per heavy atom. The molecule has 0 saturated carbocycles. The minimum absolute atomic E-state index is 0.0857. The number of carbonyl (C=O) groups excluding carboxylic acids is 1. The first-order valence-corrected chi connectivity index (χ1v) is 8.97. The average Bonchev–Trinajstić information content (AvgIpc) is 3.05. The lowest BCUT2D eigenvalue weighted by atomic mass is 9.87. The van der Waals surface area contributed by atoms with Gasteiger partial charge >= 0.3 is 0 Å². The van der Waals surface area contributed by atoms with E-state index >= 15 is 0 Å². The average molecular weight is 371 g/mol. The van der Waals surface area contributed by atoms with Crippen molar-refractivity contribution in [3.8, 4) is 17.0 Å². The minimum Gasteiger partial charge on any atom is -0.506 e. The smallest absolute Gasteiger partial charge is 0.226 e. The molecule has 0 bridgehead atoms. The van der Waals surface area contributed by atoms with Crippen molar-refractivity contribution >= 4 is 22.6 Å². The number of nitrogens with zero attached hydrogens (tertiary/aromatic N) is 4. The Labute approximate surface area is 160 Å². The number of hydrogen-bond donors (Lipinski definition) is 2. The van der Waals surface area contributed by atoms with Crippen LogP contribution >= 0.6 is 0 Å². The van der Waals surface area contributed by atoms with Gasteiger partial charge < -0.3 is 10.4 Å². The summed E-state index contributed by atoms with van der Waals surface area (Å²) in [5.74, 6) is 0.437. The van der Waals surface area contributed by atoms with E-state index in [1.54, 1.807) is 36.3 Å². The number of phenolic OH excluding ortho intramolecular Hbond substituents is 1. The van der Waals surface area contributed by atoms with E-state index in [1.165, 1.54) is 0 Å². The highest BCUT2D eigenvalue weighted by Crippen LogP contribution is 2.42. The third-order valence-electron chi connectivity index (χ3n) is 5.09. The van der Waals surface area contributed by atoms with Gasteiger partial charge in [-0.1, -0.05) is 18.2 Å². The van der Waals surface area contributed by atoms with E-state index < -0.39 is 0 Å². The van der Waals surface area contributed by atoms with Crippen LogP contribution in [-0.2, 0) is 11.8 Å². The molecule has 28 heavy (non-hydrogen) atoms. The number of aryl methyl sites for hydroxylation is 1. The summed E-state index contributed by atoms with van der Waals surface area (Å²) in [5, 5.41) is 18.6. The Kier molecular flexibility index (Phi) is 3.61. The number of phenols is 1. The molecule has 0 aliphatic carbocycles. The van der Waals surface area contributed by atoms with E-state index in [4.69, 9.17) is 4.98 Å². The van der Waals surface area contributed by atoms with Gasteiger partial charge in [0.15, 0.2) is 0 Å². The van der Waals surface area contributed by atoms with Gasteiger partial charge in [0.1, 0.15) is 17.1 Å². The first kappa shape index (κ1) is 16.4. The fourth-order valence-corrected chi connectivity index (χ4v) is 3.80. The van der Waals surface area contributed by atoms with E-state index in [9.17, 15) is 9.90 Å². The Hall–Kier alpha value is -3.74. The van der Waals surface area contributed by atoms with E-state index in [2.05, 4.69) is 15.4 Å². The molecule has 7 heteroatoms. The zero-order valence-electron chi connectivity index (χ0n) is 15.1. The van der Waals surface area contributed by atoms with E-state index in [0.29, 0.717) is 11.3 Å². The van der Waals surface area contributed by atoms with Crippen LogP contribution in [-0.4, -0.2) is 30.8 Å². The van der Waals surface area contributed by atoms with Crippen molar-refractivity contribution in [1.82, 2.24) is 19.7 Å². The second-order valence-corrected chi connectivity index (χ2v) is 6.87.